The molecule has 0 unspecified atom stereocenters. The highest BCUT2D eigenvalue weighted by Crippen LogP contribution is 2.37. The zero-order chi connectivity index (χ0) is 20.2. The quantitative estimate of drug-likeness (QED) is 0.596. The Bertz CT molecular complexity index is 1200. The normalized spacial score (nSPS) is 13.9. The van der Waals surface area contributed by atoms with E-state index in [0.717, 1.165) is 32.7 Å². The van der Waals surface area contributed by atoms with Crippen LogP contribution in [0.5, 0.6) is 0 Å². The molecule has 0 aliphatic heterocycles. The molecule has 5 heteroatoms. The molecule has 0 amide bonds. The monoisotopic (exact) mass is 390 g/mol. The summed E-state index contributed by atoms with van der Waals surface area (Å²) in [5.41, 5.74) is 5.29. The highest BCUT2D eigenvalue weighted by atomic mass is 28.3. The second-order valence-electron chi connectivity index (χ2n) is 8.10. The van der Waals surface area contributed by atoms with Crippen LogP contribution in [0.25, 0.3) is 17.7 Å². The molecule has 28 heavy (non-hydrogen) atoms. The second kappa shape index (κ2) is 6.31. The van der Waals surface area contributed by atoms with Gasteiger partial charge in [0.15, 0.2) is 0 Å². The molecule has 2 aliphatic carbocycles. The predicted molar refractivity (Wildman–Crippen MR) is 113 cm³/mol. The summed E-state index contributed by atoms with van der Waals surface area (Å²) in [6, 6.07) is 9.58. The third-order valence-electron chi connectivity index (χ3n) is 5.35. The van der Waals surface area contributed by atoms with Gasteiger partial charge in [0.2, 0.25) is 0 Å². The Kier molecular flexibility index (Phi) is 4.16. The number of hydrogen-bond acceptors (Lipinski definition) is 4. The van der Waals surface area contributed by atoms with Crippen LogP contribution in [0.2, 0.25) is 19.6 Å². The molecule has 0 saturated carbocycles. The van der Waals surface area contributed by atoms with Crippen LogP contribution >= 0.6 is 0 Å². The molecule has 2 aliphatic rings. The summed E-state index contributed by atoms with van der Waals surface area (Å²) in [6.45, 7) is 6.89. The van der Waals surface area contributed by atoms with E-state index in [2.05, 4.69) is 37.9 Å². The highest BCUT2D eigenvalue weighted by Gasteiger charge is 2.32. The molecule has 142 valence electrons. The first kappa shape index (κ1) is 18.4. The molecule has 0 N–H and O–H groups in total. The van der Waals surface area contributed by atoms with Gasteiger partial charge in [0.05, 0.1) is 33.4 Å². The van der Waals surface area contributed by atoms with Crippen molar-refractivity contribution < 1.29 is 19.1 Å². The van der Waals surface area contributed by atoms with Gasteiger partial charge in [0.1, 0.15) is 0 Å². The number of methoxy groups -OCH3 is 2. The molecule has 0 heterocycles. The van der Waals surface area contributed by atoms with Gasteiger partial charge in [-0.3, -0.25) is 0 Å². The largest absolute Gasteiger partial charge is 0.465 e. The minimum atomic E-state index is -1.69. The maximum absolute atomic E-state index is 12.4. The number of fused-ring (bicyclic) bond motifs is 4. The molecule has 0 fully saturated rings. The molecule has 2 aromatic rings. The fourth-order valence-electron chi connectivity index (χ4n) is 4.04. The molecule has 0 saturated heterocycles. The number of benzene rings is 2. The third-order valence-corrected chi connectivity index (χ3v) is 7.38. The van der Waals surface area contributed by atoms with Gasteiger partial charge < -0.3 is 9.47 Å². The Morgan fingerprint density at radius 1 is 0.893 bits per heavy atom. The molecule has 0 bridgehead atoms. The average molecular weight is 391 g/mol. The first-order valence-corrected chi connectivity index (χ1v) is 12.7. The van der Waals surface area contributed by atoms with Crippen molar-refractivity contribution in [3.63, 3.8) is 0 Å². The van der Waals surface area contributed by atoms with Gasteiger partial charge in [-0.25, -0.2) is 9.59 Å². The van der Waals surface area contributed by atoms with E-state index in [1.54, 1.807) is 6.07 Å². The summed E-state index contributed by atoms with van der Waals surface area (Å²) in [5, 5.41) is 3.38. The number of esters is 2. The second-order valence-corrected chi connectivity index (χ2v) is 13.1. The van der Waals surface area contributed by atoms with Crippen molar-refractivity contribution in [2.24, 2.45) is 0 Å². The van der Waals surface area contributed by atoms with Crippen LogP contribution in [0.3, 0.4) is 0 Å². The summed E-state index contributed by atoms with van der Waals surface area (Å²) >= 11 is 0. The van der Waals surface area contributed by atoms with Crippen LogP contribution in [0.15, 0.2) is 35.9 Å². The van der Waals surface area contributed by atoms with E-state index in [4.69, 9.17) is 9.47 Å². The maximum atomic E-state index is 12.4. The first-order valence-electron chi connectivity index (χ1n) is 9.19. The average Bonchev–Trinajstić information content (AvgIpc) is 3.20. The van der Waals surface area contributed by atoms with Gasteiger partial charge in [0.25, 0.3) is 0 Å². The standard InChI is InChI=1S/C23H22O4Si/c1-26-22(24)14-7-6-13-10-15-12-18-16(23(25)27-2)8-9-19(28(3,4)5)21(18)20(15)17(13)11-14/h6-12H,1-5H3. The van der Waals surface area contributed by atoms with Crippen LogP contribution < -0.4 is 15.6 Å². The van der Waals surface area contributed by atoms with E-state index in [9.17, 15) is 9.59 Å². The number of carbonyl (C=O) groups is 2. The Labute approximate surface area is 164 Å². The van der Waals surface area contributed by atoms with E-state index < -0.39 is 8.07 Å². The fraction of sp³-hybridized carbons (Fsp3) is 0.217. The molecule has 4 nitrogen and oxygen atoms in total. The van der Waals surface area contributed by atoms with Gasteiger partial charge in [-0.15, -0.1) is 0 Å². The molecule has 2 aromatic carbocycles. The van der Waals surface area contributed by atoms with Crippen molar-refractivity contribution >= 4 is 42.9 Å². The summed E-state index contributed by atoms with van der Waals surface area (Å²) in [4.78, 5) is 24.4. The Morgan fingerprint density at radius 3 is 2.25 bits per heavy atom. The van der Waals surface area contributed by atoms with Crippen LogP contribution in [0.4, 0.5) is 0 Å². The fourth-order valence-corrected chi connectivity index (χ4v) is 5.63. The number of ether oxygens (including phenoxy) is 2. The van der Waals surface area contributed by atoms with Crippen molar-refractivity contribution in [2.45, 2.75) is 19.6 Å². The number of allylic oxidation sites excluding steroid dienone is 1. The van der Waals surface area contributed by atoms with E-state index >= 15 is 0 Å². The number of carbonyl (C=O) groups excluding carboxylic acids is 2. The molecular weight excluding hydrogens is 368 g/mol. The number of hydrogen-bond donors (Lipinski definition) is 0. The lowest BCUT2D eigenvalue weighted by Gasteiger charge is -2.23. The first-order chi connectivity index (χ1) is 13.3. The van der Waals surface area contributed by atoms with E-state index in [1.165, 1.54) is 19.4 Å². The molecule has 0 aromatic heterocycles. The Hall–Kier alpha value is -2.92. The summed E-state index contributed by atoms with van der Waals surface area (Å²) in [5.74, 6) is -0.688. The van der Waals surface area contributed by atoms with Crippen molar-refractivity contribution in [1.29, 1.82) is 0 Å². The van der Waals surface area contributed by atoms with Gasteiger partial charge in [-0.05, 0) is 63.1 Å². The Balaban J connectivity index is 2.09. The molecule has 4 rings (SSSR count). The van der Waals surface area contributed by atoms with Crippen LogP contribution in [0, 0.1) is 0 Å². The van der Waals surface area contributed by atoms with Gasteiger partial charge in [0, 0.05) is 0 Å². The lowest BCUT2D eigenvalue weighted by atomic mass is 9.98. The minimum Gasteiger partial charge on any atom is -0.465 e. The zero-order valence-electron chi connectivity index (χ0n) is 16.7. The predicted octanol–water partition coefficient (Wildman–Crippen LogP) is 2.20. The van der Waals surface area contributed by atoms with Crippen molar-refractivity contribution in [3.05, 3.63) is 68.6 Å². The van der Waals surface area contributed by atoms with Crippen molar-refractivity contribution in [2.75, 3.05) is 14.2 Å². The maximum Gasteiger partial charge on any atom is 0.338 e. The summed E-state index contributed by atoms with van der Waals surface area (Å²) < 4.78 is 9.90. The lowest BCUT2D eigenvalue weighted by molar-refractivity contribution is 0.0591. The molecule has 0 atom stereocenters. The van der Waals surface area contributed by atoms with Gasteiger partial charge >= 0.3 is 11.9 Å². The number of rotatable bonds is 3. The SMILES string of the molecule is COC(=O)c1ccc2c(c1)=C1C(=Cc3c(C(=O)OC)ccc([Si](C)(C)C)c31)C=2. The Morgan fingerprint density at radius 2 is 1.61 bits per heavy atom. The van der Waals surface area contributed by atoms with E-state index in [0.29, 0.717) is 11.1 Å². The van der Waals surface area contributed by atoms with Gasteiger partial charge in [-0.2, -0.15) is 0 Å². The van der Waals surface area contributed by atoms with Crippen molar-refractivity contribution in [1.82, 2.24) is 0 Å². The van der Waals surface area contributed by atoms with E-state index in [-0.39, 0.29) is 11.9 Å². The smallest absolute Gasteiger partial charge is 0.338 e. The zero-order valence-corrected chi connectivity index (χ0v) is 17.7. The molecular formula is C23H22O4Si. The van der Waals surface area contributed by atoms with Crippen LogP contribution in [0.1, 0.15) is 31.8 Å². The summed E-state index contributed by atoms with van der Waals surface area (Å²) in [6.07, 6.45) is 4.18. The van der Waals surface area contributed by atoms with Crippen molar-refractivity contribution in [3.8, 4) is 0 Å². The highest BCUT2D eigenvalue weighted by molar-refractivity contribution is 6.89. The molecule has 0 radical (unpaired) electrons. The summed E-state index contributed by atoms with van der Waals surface area (Å²) in [7, 11) is 1.10. The lowest BCUT2D eigenvalue weighted by Crippen LogP contribution is -2.41. The molecule has 0 spiro atoms. The van der Waals surface area contributed by atoms with Gasteiger partial charge in [-0.1, -0.05) is 37.0 Å². The van der Waals surface area contributed by atoms with Crippen LogP contribution in [-0.4, -0.2) is 34.2 Å². The third kappa shape index (κ3) is 2.66. The van der Waals surface area contributed by atoms with Crippen LogP contribution in [-0.2, 0) is 9.47 Å². The minimum absolute atomic E-state index is 0.334. The van der Waals surface area contributed by atoms with E-state index in [1.807, 2.05) is 18.2 Å². The topological polar surface area (TPSA) is 52.6 Å².